The van der Waals surface area contributed by atoms with E-state index in [1.165, 1.54) is 6.07 Å². The average Bonchev–Trinajstić information content (AvgIpc) is 2.45. The molecule has 0 heterocycles. The third-order valence-corrected chi connectivity index (χ3v) is 3.47. The van der Waals surface area contributed by atoms with E-state index in [0.29, 0.717) is 6.42 Å². The molecule has 0 aromatic heterocycles. The summed E-state index contributed by atoms with van der Waals surface area (Å²) in [6, 6.07) is 9.55. The zero-order valence-corrected chi connectivity index (χ0v) is 11.4. The van der Waals surface area contributed by atoms with Crippen LogP contribution in [0.4, 0.5) is 13.2 Å². The molecule has 1 unspecified atom stereocenters. The van der Waals surface area contributed by atoms with Crippen LogP contribution in [0.5, 0.6) is 0 Å². The Bertz CT molecular complexity index is 611. The number of hydrogen-bond donors (Lipinski definition) is 1. The highest BCUT2D eigenvalue weighted by Gasteiger charge is 2.20. The van der Waals surface area contributed by atoms with Gasteiger partial charge >= 0.3 is 0 Å². The summed E-state index contributed by atoms with van der Waals surface area (Å²) in [5.41, 5.74) is 2.25. The Kier molecular flexibility index (Phi) is 4.45. The van der Waals surface area contributed by atoms with Crippen molar-refractivity contribution < 1.29 is 13.2 Å². The van der Waals surface area contributed by atoms with Gasteiger partial charge in [0.25, 0.3) is 0 Å². The van der Waals surface area contributed by atoms with Gasteiger partial charge in [-0.3, -0.25) is 0 Å². The Morgan fingerprint density at radius 1 is 1.00 bits per heavy atom. The summed E-state index contributed by atoms with van der Waals surface area (Å²) in [6.07, 6.45) is 0.505. The molecule has 0 aliphatic carbocycles. The predicted octanol–water partition coefficient (Wildman–Crippen LogP) is 3.92. The largest absolute Gasteiger partial charge is 0.313 e. The van der Waals surface area contributed by atoms with Gasteiger partial charge in [0.05, 0.1) is 0 Å². The third kappa shape index (κ3) is 2.85. The lowest BCUT2D eigenvalue weighted by Crippen LogP contribution is -2.21. The molecule has 4 heteroatoms. The molecule has 0 radical (unpaired) electrons. The number of nitrogens with one attached hydrogen (secondary N) is 1. The molecule has 0 saturated heterocycles. The maximum Gasteiger partial charge on any atom is 0.194 e. The average molecular weight is 279 g/mol. The van der Waals surface area contributed by atoms with E-state index in [-0.39, 0.29) is 5.56 Å². The van der Waals surface area contributed by atoms with Crippen LogP contribution >= 0.6 is 0 Å². The normalized spacial score (nSPS) is 12.4. The van der Waals surface area contributed by atoms with Crippen molar-refractivity contribution in [3.63, 3.8) is 0 Å². The Morgan fingerprint density at radius 2 is 1.70 bits per heavy atom. The van der Waals surface area contributed by atoms with Crippen LogP contribution in [0.25, 0.3) is 0 Å². The minimum atomic E-state index is -1.42. The number of likely N-dealkylation sites (N-methyl/N-ethyl adjacent to an activating group) is 1. The molecule has 0 aliphatic rings. The van der Waals surface area contributed by atoms with Crippen molar-refractivity contribution in [2.75, 3.05) is 7.05 Å². The first-order valence-electron chi connectivity index (χ1n) is 6.39. The number of halogens is 3. The second-order valence-corrected chi connectivity index (χ2v) is 4.74. The zero-order chi connectivity index (χ0) is 14.7. The molecular weight excluding hydrogens is 263 g/mol. The Hall–Kier alpha value is -1.81. The molecule has 20 heavy (non-hydrogen) atoms. The fraction of sp³-hybridized carbons (Fsp3) is 0.250. The molecular formula is C16H16F3N. The fourth-order valence-corrected chi connectivity index (χ4v) is 2.24. The van der Waals surface area contributed by atoms with Crippen LogP contribution in [0.2, 0.25) is 0 Å². The van der Waals surface area contributed by atoms with E-state index in [4.69, 9.17) is 0 Å². The van der Waals surface area contributed by atoms with Crippen molar-refractivity contribution in [3.8, 4) is 0 Å². The van der Waals surface area contributed by atoms with E-state index in [9.17, 15) is 13.2 Å². The molecule has 1 nitrogen and oxygen atoms in total. The lowest BCUT2D eigenvalue weighted by molar-refractivity contribution is 0.428. The van der Waals surface area contributed by atoms with E-state index in [0.717, 1.165) is 17.2 Å². The lowest BCUT2D eigenvalue weighted by Gasteiger charge is -2.19. The van der Waals surface area contributed by atoms with Crippen LogP contribution in [0.3, 0.4) is 0 Å². The number of rotatable bonds is 4. The van der Waals surface area contributed by atoms with Gasteiger partial charge in [0, 0.05) is 11.6 Å². The predicted molar refractivity (Wildman–Crippen MR) is 73.0 cm³/mol. The maximum absolute atomic E-state index is 13.8. The zero-order valence-electron chi connectivity index (χ0n) is 11.4. The molecule has 0 spiro atoms. The SMILES string of the molecule is CNC(Cc1ccccc1C)c1ccc(F)c(F)c1F. The Morgan fingerprint density at radius 3 is 2.35 bits per heavy atom. The highest BCUT2D eigenvalue weighted by Crippen LogP contribution is 2.25. The van der Waals surface area contributed by atoms with Gasteiger partial charge in [0.2, 0.25) is 0 Å². The Labute approximate surface area is 116 Å². The summed E-state index contributed by atoms with van der Waals surface area (Å²) in [7, 11) is 1.67. The lowest BCUT2D eigenvalue weighted by atomic mass is 9.95. The van der Waals surface area contributed by atoms with Gasteiger partial charge < -0.3 is 5.32 Å². The third-order valence-electron chi connectivity index (χ3n) is 3.47. The van der Waals surface area contributed by atoms with E-state index < -0.39 is 23.5 Å². The quantitative estimate of drug-likeness (QED) is 0.837. The van der Waals surface area contributed by atoms with Gasteiger partial charge in [-0.05, 0) is 37.6 Å². The van der Waals surface area contributed by atoms with Gasteiger partial charge in [-0.15, -0.1) is 0 Å². The molecule has 2 aromatic carbocycles. The maximum atomic E-state index is 13.8. The summed E-state index contributed by atoms with van der Waals surface area (Å²) >= 11 is 0. The van der Waals surface area contributed by atoms with Crippen LogP contribution in [-0.2, 0) is 6.42 Å². The van der Waals surface area contributed by atoms with Crippen molar-refractivity contribution >= 4 is 0 Å². The number of hydrogen-bond acceptors (Lipinski definition) is 1. The summed E-state index contributed by atoms with van der Waals surface area (Å²) in [5, 5.41) is 2.95. The van der Waals surface area contributed by atoms with Crippen LogP contribution in [-0.4, -0.2) is 7.05 Å². The molecule has 106 valence electrons. The van der Waals surface area contributed by atoms with E-state index >= 15 is 0 Å². The summed E-state index contributed by atoms with van der Waals surface area (Å²) in [4.78, 5) is 0. The summed E-state index contributed by atoms with van der Waals surface area (Å²) < 4.78 is 40.2. The molecule has 1 N–H and O–H groups in total. The van der Waals surface area contributed by atoms with Crippen molar-refractivity contribution in [1.29, 1.82) is 0 Å². The second-order valence-electron chi connectivity index (χ2n) is 4.74. The first-order chi connectivity index (χ1) is 9.54. The van der Waals surface area contributed by atoms with Crippen molar-refractivity contribution in [2.24, 2.45) is 0 Å². The molecule has 2 rings (SSSR count). The van der Waals surface area contributed by atoms with E-state index in [1.54, 1.807) is 7.05 Å². The summed E-state index contributed by atoms with van der Waals surface area (Å²) in [5.74, 6) is -3.72. The molecule has 0 amide bonds. The molecule has 0 saturated carbocycles. The highest BCUT2D eigenvalue weighted by atomic mass is 19.2. The van der Waals surface area contributed by atoms with Gasteiger partial charge in [0.15, 0.2) is 17.5 Å². The van der Waals surface area contributed by atoms with E-state index in [1.807, 2.05) is 31.2 Å². The molecule has 2 aromatic rings. The fourth-order valence-electron chi connectivity index (χ4n) is 2.24. The number of aryl methyl sites for hydroxylation is 1. The minimum absolute atomic E-state index is 0.134. The minimum Gasteiger partial charge on any atom is -0.313 e. The van der Waals surface area contributed by atoms with Gasteiger partial charge in [-0.1, -0.05) is 30.3 Å². The molecule has 0 fully saturated rings. The monoisotopic (exact) mass is 279 g/mol. The molecule has 1 atom stereocenters. The van der Waals surface area contributed by atoms with E-state index in [2.05, 4.69) is 5.32 Å². The van der Waals surface area contributed by atoms with Crippen molar-refractivity contribution in [3.05, 3.63) is 70.5 Å². The first-order valence-corrected chi connectivity index (χ1v) is 6.39. The van der Waals surface area contributed by atoms with Gasteiger partial charge in [-0.25, -0.2) is 13.2 Å². The first kappa shape index (κ1) is 14.6. The smallest absolute Gasteiger partial charge is 0.194 e. The molecule has 0 aliphatic heterocycles. The van der Waals surface area contributed by atoms with Gasteiger partial charge in [-0.2, -0.15) is 0 Å². The van der Waals surface area contributed by atoms with Crippen LogP contribution < -0.4 is 5.32 Å². The summed E-state index contributed by atoms with van der Waals surface area (Å²) in [6.45, 7) is 1.96. The van der Waals surface area contributed by atoms with Crippen molar-refractivity contribution in [2.45, 2.75) is 19.4 Å². The Balaban J connectivity index is 2.34. The van der Waals surface area contributed by atoms with Crippen LogP contribution in [0.15, 0.2) is 36.4 Å². The van der Waals surface area contributed by atoms with Crippen molar-refractivity contribution in [1.82, 2.24) is 5.32 Å². The highest BCUT2D eigenvalue weighted by molar-refractivity contribution is 5.30. The van der Waals surface area contributed by atoms with Gasteiger partial charge in [0.1, 0.15) is 0 Å². The topological polar surface area (TPSA) is 12.0 Å². The second kappa shape index (κ2) is 6.09. The standard InChI is InChI=1S/C16H16F3N/c1-10-5-3-4-6-11(10)9-14(20-2)12-7-8-13(17)16(19)15(12)18/h3-8,14,20H,9H2,1-2H3. The van der Waals surface area contributed by atoms with Crippen LogP contribution in [0.1, 0.15) is 22.7 Å². The molecule has 0 bridgehead atoms. The number of benzene rings is 2. The van der Waals surface area contributed by atoms with Crippen LogP contribution in [0, 0.1) is 24.4 Å².